The molecule has 0 aliphatic carbocycles. The van der Waals surface area contributed by atoms with Gasteiger partial charge in [0.15, 0.2) is 0 Å². The van der Waals surface area contributed by atoms with E-state index in [-0.39, 0.29) is 18.5 Å². The zero-order valence-corrected chi connectivity index (χ0v) is 16.7. The van der Waals surface area contributed by atoms with Crippen molar-refractivity contribution in [2.24, 2.45) is 0 Å². The van der Waals surface area contributed by atoms with Crippen molar-refractivity contribution >= 4 is 23.6 Å². The van der Waals surface area contributed by atoms with E-state index in [1.807, 2.05) is 24.3 Å². The zero-order chi connectivity index (χ0) is 19.3. The molecule has 0 spiro atoms. The molecule has 6 nitrogen and oxygen atoms in total. The van der Waals surface area contributed by atoms with E-state index in [0.29, 0.717) is 13.1 Å². The lowest BCUT2D eigenvalue weighted by atomic mass is 10.1. The number of halogens is 1. The highest BCUT2D eigenvalue weighted by Gasteiger charge is 2.26. The molecule has 1 heterocycles. The number of piperazine rings is 1. The lowest BCUT2D eigenvalue weighted by Gasteiger charge is -2.38. The predicted molar refractivity (Wildman–Crippen MR) is 102 cm³/mol. The molecule has 0 saturated carbocycles. The fourth-order valence-corrected chi connectivity index (χ4v) is 3.24. The van der Waals surface area contributed by atoms with E-state index in [9.17, 15) is 9.59 Å². The lowest BCUT2D eigenvalue weighted by Crippen LogP contribution is -2.51. The van der Waals surface area contributed by atoms with Gasteiger partial charge in [0.05, 0.1) is 0 Å². The number of benzene rings is 1. The van der Waals surface area contributed by atoms with Crippen LogP contribution in [0.5, 0.6) is 0 Å². The topological polar surface area (TPSA) is 61.9 Å². The number of alkyl carbamates (subject to hydrolysis) is 1. The van der Waals surface area contributed by atoms with E-state index in [2.05, 4.69) is 17.1 Å². The number of carbonyl (C=O) groups excluding carboxylic acids is 2. The quantitative estimate of drug-likeness (QED) is 0.870. The van der Waals surface area contributed by atoms with Crippen molar-refractivity contribution in [3.63, 3.8) is 0 Å². The molecule has 2 rings (SSSR count). The van der Waals surface area contributed by atoms with Crippen LogP contribution in [-0.2, 0) is 9.53 Å². The van der Waals surface area contributed by atoms with Gasteiger partial charge in [-0.1, -0.05) is 29.8 Å². The summed E-state index contributed by atoms with van der Waals surface area (Å²) in [6.07, 6.45) is -0.572. The smallest absolute Gasteiger partial charge is 0.408 e. The van der Waals surface area contributed by atoms with E-state index in [0.717, 1.165) is 23.7 Å². The Kier molecular flexibility index (Phi) is 6.89. The fraction of sp³-hybridized carbons (Fsp3) is 0.579. The summed E-state index contributed by atoms with van der Waals surface area (Å²) in [7, 11) is 0. The average Bonchev–Trinajstić information content (AvgIpc) is 2.58. The van der Waals surface area contributed by atoms with Crippen molar-refractivity contribution in [3.8, 4) is 0 Å². The third-order valence-electron chi connectivity index (χ3n) is 4.35. The van der Waals surface area contributed by atoms with Gasteiger partial charge < -0.3 is 15.0 Å². The molecule has 1 aromatic carbocycles. The Bertz CT molecular complexity index is 637. The maximum Gasteiger partial charge on any atom is 0.408 e. The average molecular weight is 382 g/mol. The Hall–Kier alpha value is -1.79. The van der Waals surface area contributed by atoms with Crippen molar-refractivity contribution < 1.29 is 14.3 Å². The number of nitrogens with zero attached hydrogens (tertiary/aromatic N) is 2. The number of ether oxygens (including phenoxy) is 1. The summed E-state index contributed by atoms with van der Waals surface area (Å²) in [5.74, 6) is -0.0964. The minimum absolute atomic E-state index is 0.0466. The van der Waals surface area contributed by atoms with Gasteiger partial charge in [-0.15, -0.1) is 0 Å². The van der Waals surface area contributed by atoms with Crippen LogP contribution in [0.3, 0.4) is 0 Å². The largest absolute Gasteiger partial charge is 0.444 e. The second-order valence-corrected chi connectivity index (χ2v) is 7.88. The number of carbonyl (C=O) groups is 2. The fourth-order valence-electron chi connectivity index (χ4n) is 2.94. The minimum atomic E-state index is -0.576. The summed E-state index contributed by atoms with van der Waals surface area (Å²) in [4.78, 5) is 28.0. The first-order valence-corrected chi connectivity index (χ1v) is 9.28. The van der Waals surface area contributed by atoms with Crippen LogP contribution >= 0.6 is 11.6 Å². The third-order valence-corrected chi connectivity index (χ3v) is 4.70. The Morgan fingerprint density at radius 1 is 1.19 bits per heavy atom. The molecule has 144 valence electrons. The van der Waals surface area contributed by atoms with E-state index in [4.69, 9.17) is 16.3 Å². The molecule has 1 fully saturated rings. The van der Waals surface area contributed by atoms with Gasteiger partial charge in [-0.25, -0.2) is 4.79 Å². The number of amides is 2. The van der Waals surface area contributed by atoms with Gasteiger partial charge >= 0.3 is 6.09 Å². The summed E-state index contributed by atoms with van der Waals surface area (Å²) >= 11 is 6.29. The summed E-state index contributed by atoms with van der Waals surface area (Å²) in [6.45, 7) is 10.2. The maximum atomic E-state index is 12.3. The summed E-state index contributed by atoms with van der Waals surface area (Å²) in [5, 5.41) is 3.28. The molecular formula is C19H28ClN3O3. The van der Waals surface area contributed by atoms with Crippen LogP contribution in [-0.4, -0.2) is 60.1 Å². The van der Waals surface area contributed by atoms with Gasteiger partial charge in [0.25, 0.3) is 0 Å². The van der Waals surface area contributed by atoms with Crippen LogP contribution in [0.2, 0.25) is 5.02 Å². The first-order valence-electron chi connectivity index (χ1n) is 8.90. The molecule has 0 aromatic heterocycles. The van der Waals surface area contributed by atoms with Crippen LogP contribution in [0, 0.1) is 0 Å². The van der Waals surface area contributed by atoms with Crippen molar-refractivity contribution in [1.82, 2.24) is 15.1 Å². The SMILES string of the molecule is CC(c1ccccc1Cl)N1CCN(C(=O)CNC(=O)OC(C)(C)C)CC1. The van der Waals surface area contributed by atoms with E-state index >= 15 is 0 Å². The highest BCUT2D eigenvalue weighted by Crippen LogP contribution is 2.27. The molecule has 0 radical (unpaired) electrons. The monoisotopic (exact) mass is 381 g/mol. The maximum absolute atomic E-state index is 12.3. The standard InChI is InChI=1S/C19H28ClN3O3/c1-14(15-7-5-6-8-16(15)20)22-9-11-23(12-10-22)17(24)13-21-18(25)26-19(2,3)4/h5-8,14H,9-13H2,1-4H3,(H,21,25). The third kappa shape index (κ3) is 5.88. The van der Waals surface area contributed by atoms with Gasteiger partial charge in [-0.05, 0) is 39.3 Å². The molecule has 26 heavy (non-hydrogen) atoms. The molecular weight excluding hydrogens is 354 g/mol. The number of hydrogen-bond acceptors (Lipinski definition) is 4. The van der Waals surface area contributed by atoms with Gasteiger partial charge in [0.1, 0.15) is 12.1 Å². The Morgan fingerprint density at radius 3 is 2.38 bits per heavy atom. The number of hydrogen-bond donors (Lipinski definition) is 1. The lowest BCUT2D eigenvalue weighted by molar-refractivity contribution is -0.132. The first-order chi connectivity index (χ1) is 12.2. The number of nitrogens with one attached hydrogen (secondary N) is 1. The highest BCUT2D eigenvalue weighted by molar-refractivity contribution is 6.31. The summed E-state index contributed by atoms with van der Waals surface area (Å²) in [5.41, 5.74) is 0.522. The van der Waals surface area contributed by atoms with Gasteiger partial charge in [-0.2, -0.15) is 0 Å². The second kappa shape index (κ2) is 8.73. The highest BCUT2D eigenvalue weighted by atomic mass is 35.5. The van der Waals surface area contributed by atoms with E-state index in [1.54, 1.807) is 25.7 Å². The minimum Gasteiger partial charge on any atom is -0.444 e. The normalized spacial score (nSPS) is 16.9. The Balaban J connectivity index is 1.80. The molecule has 1 aliphatic heterocycles. The first kappa shape index (κ1) is 20.5. The van der Waals surface area contributed by atoms with Crippen LogP contribution in [0.15, 0.2) is 24.3 Å². The van der Waals surface area contributed by atoms with E-state index < -0.39 is 11.7 Å². The van der Waals surface area contributed by atoms with Crippen LogP contribution in [0.1, 0.15) is 39.3 Å². The zero-order valence-electron chi connectivity index (χ0n) is 15.9. The van der Waals surface area contributed by atoms with Crippen molar-refractivity contribution in [2.45, 2.75) is 39.3 Å². The molecule has 1 unspecified atom stereocenters. The van der Waals surface area contributed by atoms with Crippen molar-refractivity contribution in [3.05, 3.63) is 34.9 Å². The molecule has 7 heteroatoms. The molecule has 1 aromatic rings. The molecule has 2 amide bonds. The molecule has 1 aliphatic rings. The molecule has 1 atom stereocenters. The predicted octanol–water partition coefficient (Wildman–Crippen LogP) is 3.07. The molecule has 1 saturated heterocycles. The molecule has 1 N–H and O–H groups in total. The molecule has 0 bridgehead atoms. The van der Waals surface area contributed by atoms with Gasteiger partial charge in [0.2, 0.25) is 5.91 Å². The summed E-state index contributed by atoms with van der Waals surface area (Å²) < 4.78 is 5.14. The Morgan fingerprint density at radius 2 is 1.81 bits per heavy atom. The number of rotatable bonds is 4. The van der Waals surface area contributed by atoms with Crippen LogP contribution in [0.4, 0.5) is 4.79 Å². The Labute approximate surface area is 160 Å². The van der Waals surface area contributed by atoms with Crippen molar-refractivity contribution in [2.75, 3.05) is 32.7 Å². The van der Waals surface area contributed by atoms with Crippen LogP contribution < -0.4 is 5.32 Å². The van der Waals surface area contributed by atoms with E-state index in [1.165, 1.54) is 0 Å². The van der Waals surface area contributed by atoms with Gasteiger partial charge in [-0.3, -0.25) is 9.69 Å². The summed E-state index contributed by atoms with van der Waals surface area (Å²) in [6, 6.07) is 8.04. The second-order valence-electron chi connectivity index (χ2n) is 7.47. The van der Waals surface area contributed by atoms with Crippen molar-refractivity contribution in [1.29, 1.82) is 0 Å². The van der Waals surface area contributed by atoms with Gasteiger partial charge in [0, 0.05) is 37.2 Å². The van der Waals surface area contributed by atoms with Crippen LogP contribution in [0.25, 0.3) is 0 Å².